The van der Waals surface area contributed by atoms with Crippen LogP contribution in [0.5, 0.6) is 0 Å². The third-order valence-electron chi connectivity index (χ3n) is 1.89. The molecule has 3 nitrogen and oxygen atoms in total. The maximum Gasteiger partial charge on any atom is 0.132 e. The Kier molecular flexibility index (Phi) is 2.64. The first-order chi connectivity index (χ1) is 7.16. The fraction of sp³-hybridized carbons (Fsp3) is 0. The van der Waals surface area contributed by atoms with E-state index < -0.39 is 0 Å². The van der Waals surface area contributed by atoms with E-state index in [0.29, 0.717) is 17.1 Å². The predicted octanol–water partition coefficient (Wildman–Crippen LogP) is 2.63. The lowest BCUT2D eigenvalue weighted by Crippen LogP contribution is -1.94. The van der Waals surface area contributed by atoms with Crippen molar-refractivity contribution in [3.63, 3.8) is 0 Å². The maximum absolute atomic E-state index is 13.5. The molecule has 5 heteroatoms. The first-order valence-electron chi connectivity index (χ1n) is 4.20. The van der Waals surface area contributed by atoms with Gasteiger partial charge in [0.1, 0.15) is 18.0 Å². The van der Waals surface area contributed by atoms with Crippen molar-refractivity contribution in [1.82, 2.24) is 9.97 Å². The van der Waals surface area contributed by atoms with Crippen LogP contribution in [0, 0.1) is 5.82 Å². The molecule has 15 heavy (non-hydrogen) atoms. The number of nitrogen functional groups attached to an aromatic ring is 1. The second-order valence-corrected chi connectivity index (χ2v) is 3.87. The summed E-state index contributed by atoms with van der Waals surface area (Å²) in [4.78, 5) is 7.71. The Morgan fingerprint density at radius 1 is 1.20 bits per heavy atom. The Bertz CT molecular complexity index is 502. The molecule has 0 atom stereocenters. The smallest absolute Gasteiger partial charge is 0.132 e. The van der Waals surface area contributed by atoms with E-state index in [2.05, 4.69) is 25.9 Å². The van der Waals surface area contributed by atoms with Crippen molar-refractivity contribution in [1.29, 1.82) is 0 Å². The van der Waals surface area contributed by atoms with Gasteiger partial charge in [-0.25, -0.2) is 14.4 Å². The summed E-state index contributed by atoms with van der Waals surface area (Å²) in [5, 5.41) is 0. The van der Waals surface area contributed by atoms with Crippen molar-refractivity contribution in [2.45, 2.75) is 0 Å². The van der Waals surface area contributed by atoms with Crippen molar-refractivity contribution in [3.8, 4) is 11.3 Å². The summed E-state index contributed by atoms with van der Waals surface area (Å²) in [7, 11) is 0. The second-order valence-electron chi connectivity index (χ2n) is 2.95. The van der Waals surface area contributed by atoms with Gasteiger partial charge in [-0.2, -0.15) is 0 Å². The Labute approximate surface area is 94.3 Å². The summed E-state index contributed by atoms with van der Waals surface area (Å²) in [5.74, 6) is -0.0179. The number of nitrogens with zero attached hydrogens (tertiary/aromatic N) is 2. The van der Waals surface area contributed by atoms with Crippen molar-refractivity contribution in [2.75, 3.05) is 5.73 Å². The zero-order chi connectivity index (χ0) is 10.8. The molecule has 0 radical (unpaired) electrons. The minimum Gasteiger partial charge on any atom is -0.384 e. The highest BCUT2D eigenvalue weighted by atomic mass is 79.9. The lowest BCUT2D eigenvalue weighted by molar-refractivity contribution is 0.630. The van der Waals surface area contributed by atoms with Crippen molar-refractivity contribution < 1.29 is 4.39 Å². The van der Waals surface area contributed by atoms with E-state index in [4.69, 9.17) is 5.73 Å². The Morgan fingerprint density at radius 2 is 2.00 bits per heavy atom. The van der Waals surface area contributed by atoms with Gasteiger partial charge in [0.2, 0.25) is 0 Å². The van der Waals surface area contributed by atoms with Gasteiger partial charge in [-0.05, 0) is 18.2 Å². The molecule has 0 amide bonds. The molecule has 2 N–H and O–H groups in total. The molecule has 0 saturated heterocycles. The maximum atomic E-state index is 13.5. The van der Waals surface area contributed by atoms with Crippen LogP contribution in [0.15, 0.2) is 35.1 Å². The minimum atomic E-state index is -0.337. The second kappa shape index (κ2) is 3.94. The van der Waals surface area contributed by atoms with Crippen molar-refractivity contribution in [2.24, 2.45) is 0 Å². The molecule has 0 fully saturated rings. The molecule has 1 heterocycles. The number of benzene rings is 1. The molecule has 76 valence electrons. The number of aromatic nitrogens is 2. The van der Waals surface area contributed by atoms with Gasteiger partial charge in [0.05, 0.1) is 5.69 Å². The summed E-state index contributed by atoms with van der Waals surface area (Å²) in [6.45, 7) is 0. The summed E-state index contributed by atoms with van der Waals surface area (Å²) in [5.41, 5.74) is 6.37. The zero-order valence-electron chi connectivity index (χ0n) is 7.61. The molecule has 0 unspecified atom stereocenters. The van der Waals surface area contributed by atoms with E-state index >= 15 is 0 Å². The number of halogens is 2. The van der Waals surface area contributed by atoms with E-state index in [1.165, 1.54) is 18.5 Å². The molecule has 0 aliphatic carbocycles. The molecule has 0 aliphatic rings. The summed E-state index contributed by atoms with van der Waals surface area (Å²) in [6, 6.07) is 6.18. The number of hydrogen-bond acceptors (Lipinski definition) is 3. The highest BCUT2D eigenvalue weighted by Crippen LogP contribution is 2.24. The van der Waals surface area contributed by atoms with Gasteiger partial charge in [0, 0.05) is 16.1 Å². The van der Waals surface area contributed by atoms with E-state index in [0.717, 1.165) is 4.47 Å². The van der Waals surface area contributed by atoms with Crippen LogP contribution in [-0.2, 0) is 0 Å². The van der Waals surface area contributed by atoms with Gasteiger partial charge in [-0.3, -0.25) is 0 Å². The van der Waals surface area contributed by atoms with Gasteiger partial charge in [0.15, 0.2) is 0 Å². The minimum absolute atomic E-state index is 0.319. The number of rotatable bonds is 1. The van der Waals surface area contributed by atoms with Crippen LogP contribution in [0.4, 0.5) is 10.2 Å². The van der Waals surface area contributed by atoms with Crippen LogP contribution in [0.1, 0.15) is 0 Å². The molecule has 2 aromatic rings. The van der Waals surface area contributed by atoms with E-state index in [-0.39, 0.29) is 5.82 Å². The van der Waals surface area contributed by atoms with E-state index in [1.807, 2.05) is 0 Å². The van der Waals surface area contributed by atoms with Crippen molar-refractivity contribution >= 4 is 21.7 Å². The van der Waals surface area contributed by atoms with E-state index in [9.17, 15) is 4.39 Å². The Balaban J connectivity index is 2.58. The summed E-state index contributed by atoms with van der Waals surface area (Å²) in [6.07, 6.45) is 1.31. The quantitative estimate of drug-likeness (QED) is 0.864. The Morgan fingerprint density at radius 3 is 2.73 bits per heavy atom. The third kappa shape index (κ3) is 2.12. The lowest BCUT2D eigenvalue weighted by Gasteiger charge is -2.03. The number of hydrogen-bond donors (Lipinski definition) is 1. The van der Waals surface area contributed by atoms with Gasteiger partial charge >= 0.3 is 0 Å². The first kappa shape index (κ1) is 10.0. The third-order valence-corrected chi connectivity index (χ3v) is 2.39. The fourth-order valence-electron chi connectivity index (χ4n) is 1.21. The van der Waals surface area contributed by atoms with Crippen LogP contribution in [0.2, 0.25) is 0 Å². The average Bonchev–Trinajstić information content (AvgIpc) is 2.22. The van der Waals surface area contributed by atoms with Crippen LogP contribution < -0.4 is 5.73 Å². The predicted molar refractivity (Wildman–Crippen MR) is 59.5 cm³/mol. The molecular formula is C10H7BrFN3. The molecule has 1 aromatic carbocycles. The largest absolute Gasteiger partial charge is 0.384 e. The summed E-state index contributed by atoms with van der Waals surface area (Å²) >= 11 is 3.27. The normalized spacial score (nSPS) is 10.3. The van der Waals surface area contributed by atoms with Gasteiger partial charge < -0.3 is 5.73 Å². The molecule has 0 aliphatic heterocycles. The van der Waals surface area contributed by atoms with Crippen LogP contribution >= 0.6 is 15.9 Å². The van der Waals surface area contributed by atoms with Gasteiger partial charge in [-0.1, -0.05) is 15.9 Å². The molecule has 2 rings (SSSR count). The lowest BCUT2D eigenvalue weighted by atomic mass is 10.1. The Hall–Kier alpha value is -1.49. The standard InChI is InChI=1S/C10H7BrFN3/c11-6-1-2-8(12)7(3-6)9-4-10(13)15-5-14-9/h1-5H,(H2,13,14,15). The first-order valence-corrected chi connectivity index (χ1v) is 4.99. The SMILES string of the molecule is Nc1cc(-c2cc(Br)ccc2F)ncn1. The molecule has 1 aromatic heterocycles. The van der Waals surface area contributed by atoms with Crippen LogP contribution in [-0.4, -0.2) is 9.97 Å². The molecule has 0 spiro atoms. The fourth-order valence-corrected chi connectivity index (χ4v) is 1.57. The molecule has 0 bridgehead atoms. The highest BCUT2D eigenvalue weighted by molar-refractivity contribution is 9.10. The van der Waals surface area contributed by atoms with Gasteiger partial charge in [-0.15, -0.1) is 0 Å². The highest BCUT2D eigenvalue weighted by Gasteiger charge is 2.07. The molecular weight excluding hydrogens is 261 g/mol. The van der Waals surface area contributed by atoms with Crippen molar-refractivity contribution in [3.05, 3.63) is 40.9 Å². The van der Waals surface area contributed by atoms with E-state index in [1.54, 1.807) is 12.1 Å². The topological polar surface area (TPSA) is 51.8 Å². The zero-order valence-corrected chi connectivity index (χ0v) is 9.20. The average molecular weight is 268 g/mol. The number of nitrogens with two attached hydrogens (primary N) is 1. The molecule has 0 saturated carbocycles. The summed E-state index contributed by atoms with van der Waals surface area (Å²) < 4.78 is 14.3. The number of anilines is 1. The van der Waals surface area contributed by atoms with Gasteiger partial charge in [0.25, 0.3) is 0 Å². The van der Waals surface area contributed by atoms with Crippen LogP contribution in [0.3, 0.4) is 0 Å². The van der Waals surface area contributed by atoms with Crippen LogP contribution in [0.25, 0.3) is 11.3 Å². The monoisotopic (exact) mass is 267 g/mol.